The van der Waals surface area contributed by atoms with Gasteiger partial charge in [0.25, 0.3) is 0 Å². The summed E-state index contributed by atoms with van der Waals surface area (Å²) in [7, 11) is 0. The lowest BCUT2D eigenvalue weighted by Gasteiger charge is -2.28. The molecule has 2 fully saturated rings. The van der Waals surface area contributed by atoms with Crippen LogP contribution in [0.2, 0.25) is 0 Å². The van der Waals surface area contributed by atoms with Gasteiger partial charge in [0, 0.05) is 11.3 Å². The number of carbonyl (C=O) groups excluding carboxylic acids is 1. The van der Waals surface area contributed by atoms with Gasteiger partial charge in [0.2, 0.25) is 5.91 Å². The van der Waals surface area contributed by atoms with Gasteiger partial charge in [-0.15, -0.1) is 11.8 Å². The van der Waals surface area contributed by atoms with Gasteiger partial charge in [0.05, 0.1) is 5.75 Å². The average molecular weight is 300 g/mol. The van der Waals surface area contributed by atoms with E-state index in [4.69, 9.17) is 5.11 Å². The zero-order chi connectivity index (χ0) is 14.4. The first-order valence-corrected chi connectivity index (χ1v) is 8.55. The van der Waals surface area contributed by atoms with Gasteiger partial charge >= 0.3 is 5.97 Å². The summed E-state index contributed by atoms with van der Waals surface area (Å²) in [6.07, 6.45) is 6.32. The maximum Gasteiger partial charge on any atom is 0.323 e. The molecule has 1 aliphatic carbocycles. The fraction of sp³-hybridized carbons (Fsp3) is 0.857. The van der Waals surface area contributed by atoms with Crippen molar-refractivity contribution in [1.82, 2.24) is 10.2 Å². The molecular weight excluding hydrogens is 276 g/mol. The molecule has 0 radical (unpaired) electrons. The Kier molecular flexibility index (Phi) is 6.16. The first-order valence-electron chi connectivity index (χ1n) is 7.50. The van der Waals surface area contributed by atoms with E-state index >= 15 is 0 Å². The largest absolute Gasteiger partial charge is 0.480 e. The van der Waals surface area contributed by atoms with E-state index in [1.54, 1.807) is 16.7 Å². The molecule has 5 nitrogen and oxygen atoms in total. The summed E-state index contributed by atoms with van der Waals surface area (Å²) in [5.74, 6) is -0.478. The number of hydrogen-bond donors (Lipinski definition) is 2. The Morgan fingerprint density at radius 2 is 1.80 bits per heavy atom. The van der Waals surface area contributed by atoms with Gasteiger partial charge in [-0.05, 0) is 38.8 Å². The lowest BCUT2D eigenvalue weighted by Crippen LogP contribution is -2.43. The maximum atomic E-state index is 12.3. The lowest BCUT2D eigenvalue weighted by atomic mass is 10.2. The van der Waals surface area contributed by atoms with Crippen LogP contribution in [0.4, 0.5) is 0 Å². The lowest BCUT2D eigenvalue weighted by molar-refractivity contribution is -0.145. The fourth-order valence-electron chi connectivity index (χ4n) is 3.02. The molecule has 0 aromatic rings. The van der Waals surface area contributed by atoms with Gasteiger partial charge < -0.3 is 15.3 Å². The molecule has 20 heavy (non-hydrogen) atoms. The van der Waals surface area contributed by atoms with Crippen LogP contribution in [0.1, 0.15) is 38.5 Å². The predicted octanol–water partition coefficient (Wildman–Crippen LogP) is 1.33. The van der Waals surface area contributed by atoms with E-state index in [1.807, 2.05) is 0 Å². The Morgan fingerprint density at radius 1 is 1.15 bits per heavy atom. The average Bonchev–Trinajstić information content (AvgIpc) is 2.97. The maximum absolute atomic E-state index is 12.3. The topological polar surface area (TPSA) is 69.6 Å². The van der Waals surface area contributed by atoms with Crippen LogP contribution in [-0.2, 0) is 9.59 Å². The Labute approximate surface area is 124 Å². The molecule has 0 aromatic heterocycles. The third-order valence-electron chi connectivity index (χ3n) is 4.12. The molecular formula is C14H24N2O3S. The van der Waals surface area contributed by atoms with Crippen molar-refractivity contribution in [1.29, 1.82) is 0 Å². The van der Waals surface area contributed by atoms with Crippen molar-refractivity contribution in [2.75, 3.05) is 25.4 Å². The third-order valence-corrected chi connectivity index (χ3v) is 5.48. The first-order chi connectivity index (χ1) is 9.66. The molecule has 2 N–H and O–H groups in total. The second-order valence-corrected chi connectivity index (χ2v) is 6.90. The van der Waals surface area contributed by atoms with Crippen LogP contribution in [0.15, 0.2) is 0 Å². The monoisotopic (exact) mass is 300 g/mol. The van der Waals surface area contributed by atoms with Gasteiger partial charge in [-0.1, -0.05) is 12.8 Å². The Bertz CT molecular complexity index is 339. The van der Waals surface area contributed by atoms with Crippen molar-refractivity contribution in [2.45, 2.75) is 49.8 Å². The van der Waals surface area contributed by atoms with Crippen molar-refractivity contribution < 1.29 is 14.7 Å². The van der Waals surface area contributed by atoms with Crippen LogP contribution in [0.5, 0.6) is 0 Å². The number of carboxylic acid groups (broad SMARTS) is 1. The Morgan fingerprint density at radius 3 is 2.40 bits per heavy atom. The van der Waals surface area contributed by atoms with E-state index in [2.05, 4.69) is 5.32 Å². The highest BCUT2D eigenvalue weighted by Gasteiger charge is 2.28. The van der Waals surface area contributed by atoms with Gasteiger partial charge in [-0.2, -0.15) is 0 Å². The zero-order valence-electron chi connectivity index (χ0n) is 11.8. The summed E-state index contributed by atoms with van der Waals surface area (Å²) in [5, 5.41) is 12.8. The van der Waals surface area contributed by atoms with Crippen molar-refractivity contribution in [3.8, 4) is 0 Å². The van der Waals surface area contributed by atoms with E-state index in [9.17, 15) is 9.59 Å². The molecule has 0 aromatic carbocycles. The van der Waals surface area contributed by atoms with Crippen LogP contribution < -0.4 is 5.32 Å². The van der Waals surface area contributed by atoms with Crippen molar-refractivity contribution in [3.63, 3.8) is 0 Å². The first kappa shape index (κ1) is 15.6. The van der Waals surface area contributed by atoms with Gasteiger partial charge in [0.15, 0.2) is 0 Å². The summed E-state index contributed by atoms with van der Waals surface area (Å²) in [4.78, 5) is 24.9. The van der Waals surface area contributed by atoms with Crippen molar-refractivity contribution >= 4 is 23.6 Å². The fourth-order valence-corrected chi connectivity index (χ4v) is 4.13. The van der Waals surface area contributed by atoms with E-state index in [0.29, 0.717) is 11.0 Å². The highest BCUT2D eigenvalue weighted by atomic mass is 32.2. The standard InChI is InChI=1S/C14H24N2O3S/c17-13(10-20-12-5-7-15-8-6-12)16(9-14(18)19)11-3-1-2-4-11/h11-12,15H,1-10H2,(H,18,19). The van der Waals surface area contributed by atoms with Crippen LogP contribution in [0.25, 0.3) is 0 Å². The number of piperidine rings is 1. The van der Waals surface area contributed by atoms with Crippen molar-refractivity contribution in [3.05, 3.63) is 0 Å². The molecule has 114 valence electrons. The molecule has 0 bridgehead atoms. The quantitative estimate of drug-likeness (QED) is 0.774. The molecule has 0 spiro atoms. The SMILES string of the molecule is O=C(O)CN(C(=O)CSC1CCNCC1)C1CCCC1. The highest BCUT2D eigenvalue weighted by molar-refractivity contribution is 8.00. The highest BCUT2D eigenvalue weighted by Crippen LogP contribution is 2.25. The van der Waals surface area contributed by atoms with E-state index in [1.165, 1.54) is 0 Å². The number of carboxylic acids is 1. The van der Waals surface area contributed by atoms with Crippen LogP contribution >= 0.6 is 11.8 Å². The minimum atomic E-state index is -0.905. The molecule has 2 rings (SSSR count). The van der Waals surface area contributed by atoms with E-state index < -0.39 is 5.97 Å². The molecule has 1 aliphatic heterocycles. The van der Waals surface area contributed by atoms with Crippen LogP contribution in [0.3, 0.4) is 0 Å². The van der Waals surface area contributed by atoms with Gasteiger partial charge in [-0.3, -0.25) is 9.59 Å². The Hall–Kier alpha value is -0.750. The number of aliphatic carboxylic acids is 1. The van der Waals surface area contributed by atoms with E-state index in [-0.39, 0.29) is 18.5 Å². The minimum absolute atomic E-state index is 0.00262. The second kappa shape index (κ2) is 7.88. The zero-order valence-corrected chi connectivity index (χ0v) is 12.7. The number of rotatable bonds is 6. The molecule has 0 atom stereocenters. The number of hydrogen-bond acceptors (Lipinski definition) is 4. The summed E-state index contributed by atoms with van der Waals surface area (Å²) in [6, 6.07) is 0.146. The minimum Gasteiger partial charge on any atom is -0.480 e. The summed E-state index contributed by atoms with van der Waals surface area (Å²) >= 11 is 1.70. The number of carbonyl (C=O) groups is 2. The van der Waals surface area contributed by atoms with E-state index in [0.717, 1.165) is 51.6 Å². The van der Waals surface area contributed by atoms with Gasteiger partial charge in [0.1, 0.15) is 6.54 Å². The molecule has 1 amide bonds. The molecule has 1 saturated heterocycles. The third kappa shape index (κ3) is 4.66. The van der Waals surface area contributed by atoms with Gasteiger partial charge in [-0.25, -0.2) is 0 Å². The second-order valence-electron chi connectivity index (χ2n) is 5.61. The number of thioether (sulfide) groups is 1. The number of nitrogens with one attached hydrogen (secondary N) is 1. The normalized spacial score (nSPS) is 21.0. The molecule has 1 heterocycles. The van der Waals surface area contributed by atoms with Crippen LogP contribution in [-0.4, -0.2) is 58.6 Å². The Balaban J connectivity index is 1.83. The van der Waals surface area contributed by atoms with Crippen molar-refractivity contribution in [2.24, 2.45) is 0 Å². The summed E-state index contributed by atoms with van der Waals surface area (Å²) in [6.45, 7) is 1.90. The summed E-state index contributed by atoms with van der Waals surface area (Å²) < 4.78 is 0. The molecule has 0 unspecified atom stereocenters. The smallest absolute Gasteiger partial charge is 0.323 e. The molecule has 6 heteroatoms. The molecule has 2 aliphatic rings. The predicted molar refractivity (Wildman–Crippen MR) is 80.0 cm³/mol. The molecule has 1 saturated carbocycles. The summed E-state index contributed by atoms with van der Waals surface area (Å²) in [5.41, 5.74) is 0. The number of nitrogens with zero attached hydrogens (tertiary/aromatic N) is 1. The number of amides is 1. The van der Waals surface area contributed by atoms with Crippen LogP contribution in [0, 0.1) is 0 Å².